The molecule has 6 heteroatoms. The summed E-state index contributed by atoms with van der Waals surface area (Å²) in [6.07, 6.45) is 4.26. The van der Waals surface area contributed by atoms with Gasteiger partial charge >= 0.3 is 0 Å². The largest absolute Gasteiger partial charge is 0.354 e. The maximum atomic E-state index is 4.79. The molecule has 0 radical (unpaired) electrons. The number of fused-ring (bicyclic) bond motifs is 1. The number of likely N-dealkylation sites (tertiary alicyclic amines) is 1. The standard InChI is InChI=1S/C22H23N5S/c1-2-5-18(6-3-1)23-19-8-9-21-24-22(25-27(21)15-19)17-10-12-26(13-11-17)16-20-7-4-14-28-20/h1-9,14-15,17,23H,10-13,16H2. The summed E-state index contributed by atoms with van der Waals surface area (Å²) in [7, 11) is 0. The number of pyridine rings is 1. The van der Waals surface area contributed by atoms with Gasteiger partial charge in [0.15, 0.2) is 11.5 Å². The van der Waals surface area contributed by atoms with Crippen LogP contribution in [0.25, 0.3) is 5.65 Å². The number of benzene rings is 1. The van der Waals surface area contributed by atoms with Crippen LogP contribution in [0.1, 0.15) is 29.5 Å². The highest BCUT2D eigenvalue weighted by Gasteiger charge is 2.24. The molecule has 0 amide bonds. The van der Waals surface area contributed by atoms with E-state index in [2.05, 4.69) is 45.9 Å². The van der Waals surface area contributed by atoms with E-state index in [-0.39, 0.29) is 0 Å². The van der Waals surface area contributed by atoms with Gasteiger partial charge in [-0.25, -0.2) is 9.50 Å². The number of nitrogens with one attached hydrogen (secondary N) is 1. The molecule has 1 aromatic carbocycles. The first-order valence-corrected chi connectivity index (χ1v) is 10.6. The molecule has 1 saturated heterocycles. The number of rotatable bonds is 5. The molecule has 5 rings (SSSR count). The van der Waals surface area contributed by atoms with E-state index < -0.39 is 0 Å². The maximum absolute atomic E-state index is 4.79. The van der Waals surface area contributed by atoms with E-state index in [9.17, 15) is 0 Å². The van der Waals surface area contributed by atoms with Gasteiger partial charge in [0.1, 0.15) is 0 Å². The molecule has 5 nitrogen and oxygen atoms in total. The van der Waals surface area contributed by atoms with Crippen molar-refractivity contribution in [2.45, 2.75) is 25.3 Å². The van der Waals surface area contributed by atoms with Gasteiger partial charge in [-0.2, -0.15) is 5.10 Å². The van der Waals surface area contributed by atoms with Crippen LogP contribution in [-0.2, 0) is 6.54 Å². The van der Waals surface area contributed by atoms with Crippen LogP contribution < -0.4 is 5.32 Å². The van der Waals surface area contributed by atoms with Crippen molar-refractivity contribution >= 4 is 28.4 Å². The third-order valence-electron chi connectivity index (χ3n) is 5.32. The molecule has 4 heterocycles. The number of hydrogen-bond donors (Lipinski definition) is 1. The SMILES string of the molecule is c1ccc(Nc2ccc3nc(C4CCN(Cc5cccs5)CC4)nn3c2)cc1. The molecular weight excluding hydrogens is 366 g/mol. The Kier molecular flexibility index (Phi) is 4.81. The lowest BCUT2D eigenvalue weighted by Crippen LogP contribution is -2.32. The molecule has 0 spiro atoms. The van der Waals surface area contributed by atoms with E-state index >= 15 is 0 Å². The first-order valence-electron chi connectivity index (χ1n) is 9.77. The normalized spacial score (nSPS) is 15.9. The number of para-hydroxylation sites is 1. The molecule has 0 bridgehead atoms. The molecule has 0 aliphatic carbocycles. The van der Waals surface area contributed by atoms with Crippen LogP contribution in [0.4, 0.5) is 11.4 Å². The van der Waals surface area contributed by atoms with Gasteiger partial charge in [0.25, 0.3) is 0 Å². The first kappa shape index (κ1) is 17.4. The van der Waals surface area contributed by atoms with Gasteiger partial charge < -0.3 is 5.32 Å². The Balaban J connectivity index is 1.26. The van der Waals surface area contributed by atoms with Crippen LogP contribution in [0.5, 0.6) is 0 Å². The highest BCUT2D eigenvalue weighted by Crippen LogP contribution is 2.28. The van der Waals surface area contributed by atoms with Crippen LogP contribution >= 0.6 is 11.3 Å². The van der Waals surface area contributed by atoms with Crippen LogP contribution in [-0.4, -0.2) is 32.6 Å². The van der Waals surface area contributed by atoms with Crippen LogP contribution in [0.3, 0.4) is 0 Å². The number of piperidine rings is 1. The van der Waals surface area contributed by atoms with Gasteiger partial charge in [-0.15, -0.1) is 11.3 Å². The zero-order valence-electron chi connectivity index (χ0n) is 15.7. The summed E-state index contributed by atoms with van der Waals surface area (Å²) in [4.78, 5) is 8.78. The molecule has 142 valence electrons. The number of aromatic nitrogens is 3. The van der Waals surface area contributed by atoms with E-state index in [1.165, 1.54) is 4.88 Å². The third-order valence-corrected chi connectivity index (χ3v) is 6.18. The van der Waals surface area contributed by atoms with Crippen molar-refractivity contribution in [1.82, 2.24) is 19.5 Å². The second kappa shape index (κ2) is 7.73. The van der Waals surface area contributed by atoms with Crippen LogP contribution in [0.15, 0.2) is 66.2 Å². The maximum Gasteiger partial charge on any atom is 0.155 e. The Hall–Kier alpha value is -2.70. The number of nitrogens with zero attached hydrogens (tertiary/aromatic N) is 4. The van der Waals surface area contributed by atoms with E-state index in [1.807, 2.05) is 46.3 Å². The number of hydrogen-bond acceptors (Lipinski definition) is 5. The van der Waals surface area contributed by atoms with Crippen LogP contribution in [0.2, 0.25) is 0 Å². The summed E-state index contributed by atoms with van der Waals surface area (Å²) >= 11 is 1.84. The van der Waals surface area contributed by atoms with Gasteiger partial charge in [-0.05, 0) is 61.6 Å². The lowest BCUT2D eigenvalue weighted by Gasteiger charge is -2.30. The van der Waals surface area contributed by atoms with Crippen molar-refractivity contribution in [3.63, 3.8) is 0 Å². The van der Waals surface area contributed by atoms with Gasteiger partial charge in [-0.1, -0.05) is 24.3 Å². The fourth-order valence-corrected chi connectivity index (χ4v) is 4.55. The number of thiophene rings is 1. The molecule has 1 fully saturated rings. The zero-order valence-corrected chi connectivity index (χ0v) is 16.5. The fraction of sp³-hybridized carbons (Fsp3) is 0.273. The summed E-state index contributed by atoms with van der Waals surface area (Å²) in [5.41, 5.74) is 3.00. The monoisotopic (exact) mass is 389 g/mol. The second-order valence-corrected chi connectivity index (χ2v) is 8.34. The van der Waals surface area contributed by atoms with Gasteiger partial charge in [0.05, 0.1) is 11.9 Å². The van der Waals surface area contributed by atoms with Gasteiger partial charge in [0, 0.05) is 23.0 Å². The topological polar surface area (TPSA) is 45.5 Å². The molecule has 1 N–H and O–H groups in total. The van der Waals surface area contributed by atoms with E-state index in [0.717, 1.165) is 55.3 Å². The molecule has 1 aliphatic rings. The molecule has 28 heavy (non-hydrogen) atoms. The first-order chi connectivity index (χ1) is 13.8. The lowest BCUT2D eigenvalue weighted by atomic mass is 9.96. The minimum Gasteiger partial charge on any atom is -0.354 e. The Morgan fingerprint density at radius 2 is 1.82 bits per heavy atom. The molecule has 0 unspecified atom stereocenters. The quantitative estimate of drug-likeness (QED) is 0.527. The van der Waals surface area contributed by atoms with Gasteiger partial charge in [0.2, 0.25) is 0 Å². The van der Waals surface area contributed by atoms with Crippen molar-refractivity contribution in [3.05, 3.63) is 76.9 Å². The average Bonchev–Trinajstić information content (AvgIpc) is 3.39. The predicted octanol–water partition coefficient (Wildman–Crippen LogP) is 4.91. The summed E-state index contributed by atoms with van der Waals surface area (Å²) < 4.78 is 1.90. The van der Waals surface area contributed by atoms with Gasteiger partial charge in [-0.3, -0.25) is 4.90 Å². The molecule has 0 atom stereocenters. The third kappa shape index (κ3) is 3.79. The Morgan fingerprint density at radius 3 is 2.61 bits per heavy atom. The van der Waals surface area contributed by atoms with E-state index in [0.29, 0.717) is 5.92 Å². The Morgan fingerprint density at radius 1 is 0.964 bits per heavy atom. The summed E-state index contributed by atoms with van der Waals surface area (Å²) in [6.45, 7) is 3.29. The van der Waals surface area contributed by atoms with Crippen molar-refractivity contribution in [2.75, 3.05) is 18.4 Å². The van der Waals surface area contributed by atoms with Crippen molar-refractivity contribution in [3.8, 4) is 0 Å². The average molecular weight is 390 g/mol. The van der Waals surface area contributed by atoms with Crippen molar-refractivity contribution in [2.24, 2.45) is 0 Å². The van der Waals surface area contributed by atoms with Crippen LogP contribution in [0, 0.1) is 0 Å². The molecule has 3 aromatic heterocycles. The molecule has 0 saturated carbocycles. The second-order valence-electron chi connectivity index (χ2n) is 7.31. The summed E-state index contributed by atoms with van der Waals surface area (Å²) in [5, 5.41) is 10.4. The van der Waals surface area contributed by atoms with E-state index in [1.54, 1.807) is 0 Å². The van der Waals surface area contributed by atoms with E-state index in [4.69, 9.17) is 10.1 Å². The highest BCUT2D eigenvalue weighted by atomic mass is 32.1. The number of anilines is 2. The predicted molar refractivity (Wildman–Crippen MR) is 114 cm³/mol. The minimum atomic E-state index is 0.449. The summed E-state index contributed by atoms with van der Waals surface area (Å²) in [5.74, 6) is 1.43. The Labute approximate surface area is 168 Å². The van der Waals surface area contributed by atoms with Crippen molar-refractivity contribution in [1.29, 1.82) is 0 Å². The van der Waals surface area contributed by atoms with Crippen molar-refractivity contribution < 1.29 is 0 Å². The molecule has 4 aromatic rings. The molecule has 1 aliphatic heterocycles. The smallest absolute Gasteiger partial charge is 0.155 e. The summed E-state index contributed by atoms with van der Waals surface area (Å²) in [6, 6.07) is 18.6. The molecular formula is C22H23N5S. The Bertz CT molecular complexity index is 1030. The minimum absolute atomic E-state index is 0.449. The highest BCUT2D eigenvalue weighted by molar-refractivity contribution is 7.09. The zero-order chi connectivity index (χ0) is 18.8. The fourth-order valence-electron chi connectivity index (χ4n) is 3.81. The lowest BCUT2D eigenvalue weighted by molar-refractivity contribution is 0.203.